The Labute approximate surface area is 187 Å². The molecule has 0 radical (unpaired) electrons. The average Bonchev–Trinajstić information content (AvgIpc) is 3.22. The molecule has 0 aliphatic rings. The first-order valence-corrected chi connectivity index (χ1v) is 10.4. The second kappa shape index (κ2) is 10.7. The van der Waals surface area contributed by atoms with Gasteiger partial charge in [-0.05, 0) is 19.9 Å². The van der Waals surface area contributed by atoms with Crippen molar-refractivity contribution in [1.82, 2.24) is 14.8 Å². The number of aromatic nitrogens is 3. The van der Waals surface area contributed by atoms with E-state index in [-0.39, 0.29) is 24.2 Å². The third-order valence-electron chi connectivity index (χ3n) is 5.06. The summed E-state index contributed by atoms with van der Waals surface area (Å²) >= 11 is 0. The highest BCUT2D eigenvalue weighted by atomic mass is 19.1. The van der Waals surface area contributed by atoms with Crippen LogP contribution in [0.25, 0.3) is 0 Å². The van der Waals surface area contributed by atoms with Gasteiger partial charge < -0.3 is 20.7 Å². The molecule has 1 amide bonds. The first-order chi connectivity index (χ1) is 15.4. The number of benzene rings is 1. The largest absolute Gasteiger partial charge is 0.386 e. The minimum atomic E-state index is -0.245. The van der Waals surface area contributed by atoms with E-state index in [1.165, 1.54) is 6.07 Å². The van der Waals surface area contributed by atoms with Gasteiger partial charge in [0.2, 0.25) is 5.91 Å². The molecular formula is C23H29FN6O2. The summed E-state index contributed by atoms with van der Waals surface area (Å²) in [4.78, 5) is 16.8. The summed E-state index contributed by atoms with van der Waals surface area (Å²) in [6.07, 6.45) is 3.71. The number of halogens is 1. The van der Waals surface area contributed by atoms with Crippen molar-refractivity contribution in [2.45, 2.75) is 39.5 Å². The fourth-order valence-corrected chi connectivity index (χ4v) is 3.23. The van der Waals surface area contributed by atoms with Gasteiger partial charge in [0.25, 0.3) is 0 Å². The topological polar surface area (TPSA) is 93.1 Å². The van der Waals surface area contributed by atoms with Crippen molar-refractivity contribution in [2.24, 2.45) is 0 Å². The summed E-state index contributed by atoms with van der Waals surface area (Å²) in [5.41, 5.74) is 3.62. The van der Waals surface area contributed by atoms with Crippen LogP contribution in [0.3, 0.4) is 0 Å². The molecular weight excluding hydrogens is 411 g/mol. The number of hydrogen-bond acceptors (Lipinski definition) is 6. The highest BCUT2D eigenvalue weighted by Gasteiger charge is 2.14. The Morgan fingerprint density at radius 1 is 1.31 bits per heavy atom. The Morgan fingerprint density at radius 3 is 2.81 bits per heavy atom. The lowest BCUT2D eigenvalue weighted by molar-refractivity contribution is -0.118. The lowest BCUT2D eigenvalue weighted by atomic mass is 10.2. The molecule has 170 valence electrons. The van der Waals surface area contributed by atoms with Gasteiger partial charge in [0.1, 0.15) is 11.6 Å². The van der Waals surface area contributed by atoms with Crippen LogP contribution in [0.15, 0.2) is 42.7 Å². The molecule has 2 heterocycles. The first-order valence-electron chi connectivity index (χ1n) is 10.4. The summed E-state index contributed by atoms with van der Waals surface area (Å²) in [5, 5.41) is 13.6. The second-order valence-electron chi connectivity index (χ2n) is 7.56. The zero-order valence-corrected chi connectivity index (χ0v) is 18.8. The maximum absolute atomic E-state index is 13.9. The fourth-order valence-electron chi connectivity index (χ4n) is 3.23. The highest BCUT2D eigenvalue weighted by Crippen LogP contribution is 2.28. The van der Waals surface area contributed by atoms with E-state index in [2.05, 4.69) is 26.0 Å². The molecule has 2 aromatic heterocycles. The molecule has 3 N–H and O–H groups in total. The van der Waals surface area contributed by atoms with Crippen LogP contribution in [-0.2, 0) is 22.6 Å². The predicted molar refractivity (Wildman–Crippen MR) is 123 cm³/mol. The SMILES string of the molecule is CNc1cc(NCc2cnn(Cc3ccccc3F)c2)nc(C)c1NC(=O)C[C@@H](C)OC. The summed E-state index contributed by atoms with van der Waals surface area (Å²) < 4.78 is 20.7. The van der Waals surface area contributed by atoms with Gasteiger partial charge in [-0.2, -0.15) is 5.10 Å². The van der Waals surface area contributed by atoms with Gasteiger partial charge in [-0.15, -0.1) is 0 Å². The van der Waals surface area contributed by atoms with Gasteiger partial charge >= 0.3 is 0 Å². The number of pyridine rings is 1. The van der Waals surface area contributed by atoms with E-state index in [1.807, 2.05) is 32.2 Å². The lowest BCUT2D eigenvalue weighted by Crippen LogP contribution is -2.20. The quantitative estimate of drug-likeness (QED) is 0.444. The van der Waals surface area contributed by atoms with Gasteiger partial charge in [0.05, 0.1) is 42.3 Å². The van der Waals surface area contributed by atoms with Crippen molar-refractivity contribution >= 4 is 23.1 Å². The number of amides is 1. The van der Waals surface area contributed by atoms with Gasteiger partial charge in [-0.25, -0.2) is 9.37 Å². The van der Waals surface area contributed by atoms with Crippen LogP contribution in [0.5, 0.6) is 0 Å². The number of nitrogens with one attached hydrogen (secondary N) is 3. The number of aryl methyl sites for hydroxylation is 1. The molecule has 0 bridgehead atoms. The highest BCUT2D eigenvalue weighted by molar-refractivity contribution is 5.95. The van der Waals surface area contributed by atoms with E-state index in [4.69, 9.17) is 4.74 Å². The summed E-state index contributed by atoms with van der Waals surface area (Å²) in [6.45, 7) is 4.55. The number of nitrogens with zero attached hydrogens (tertiary/aromatic N) is 3. The third-order valence-corrected chi connectivity index (χ3v) is 5.06. The smallest absolute Gasteiger partial charge is 0.227 e. The van der Waals surface area contributed by atoms with Crippen molar-refractivity contribution in [3.05, 3.63) is 65.4 Å². The van der Waals surface area contributed by atoms with Crippen LogP contribution in [0.1, 0.15) is 30.2 Å². The molecule has 1 aromatic carbocycles. The van der Waals surface area contributed by atoms with Crippen LogP contribution in [0.2, 0.25) is 0 Å². The summed E-state index contributed by atoms with van der Waals surface area (Å²) in [7, 11) is 3.37. The molecule has 3 aromatic rings. The number of hydrogen-bond donors (Lipinski definition) is 3. The van der Waals surface area contributed by atoms with E-state index in [9.17, 15) is 9.18 Å². The monoisotopic (exact) mass is 440 g/mol. The van der Waals surface area contributed by atoms with Crippen molar-refractivity contribution in [3.63, 3.8) is 0 Å². The Bertz CT molecular complexity index is 1070. The number of ether oxygens (including phenoxy) is 1. The second-order valence-corrected chi connectivity index (χ2v) is 7.56. The molecule has 0 spiro atoms. The van der Waals surface area contributed by atoms with Crippen LogP contribution >= 0.6 is 0 Å². The van der Waals surface area contributed by atoms with Gasteiger partial charge in [-0.1, -0.05) is 18.2 Å². The van der Waals surface area contributed by atoms with E-state index < -0.39 is 0 Å². The number of rotatable bonds is 10. The molecule has 3 rings (SSSR count). The summed E-state index contributed by atoms with van der Waals surface area (Å²) in [6, 6.07) is 8.51. The molecule has 0 fully saturated rings. The van der Waals surface area contributed by atoms with Crippen molar-refractivity contribution in [3.8, 4) is 0 Å². The molecule has 0 saturated heterocycles. The number of carbonyl (C=O) groups is 1. The van der Waals surface area contributed by atoms with E-state index >= 15 is 0 Å². The molecule has 0 aliphatic carbocycles. The van der Waals surface area contributed by atoms with E-state index in [0.29, 0.717) is 35.9 Å². The minimum Gasteiger partial charge on any atom is -0.386 e. The zero-order valence-electron chi connectivity index (χ0n) is 18.8. The molecule has 8 nitrogen and oxygen atoms in total. The van der Waals surface area contributed by atoms with Crippen LogP contribution in [-0.4, -0.2) is 40.9 Å². The van der Waals surface area contributed by atoms with E-state index in [0.717, 1.165) is 11.3 Å². The standard InChI is InChI=1S/C23H29FN6O2/c1-15(32-4)9-22(31)29-23-16(2)28-21(10-20(23)25-3)26-11-17-12-27-30(13-17)14-18-7-5-6-8-19(18)24/h5-8,10,12-13,15H,9,11,14H2,1-4H3,(H,29,31)(H2,25,26,28)/t15-/m1/s1. The van der Waals surface area contributed by atoms with Crippen molar-refractivity contribution in [2.75, 3.05) is 30.1 Å². The summed E-state index contributed by atoms with van der Waals surface area (Å²) in [5.74, 6) is 0.284. The zero-order chi connectivity index (χ0) is 23.1. The van der Waals surface area contributed by atoms with E-state index in [1.54, 1.807) is 37.2 Å². The van der Waals surface area contributed by atoms with Gasteiger partial charge in [0, 0.05) is 44.1 Å². The Kier molecular flexibility index (Phi) is 7.77. The molecule has 32 heavy (non-hydrogen) atoms. The Hall–Kier alpha value is -3.46. The lowest BCUT2D eigenvalue weighted by Gasteiger charge is -2.16. The molecule has 0 unspecified atom stereocenters. The normalized spacial score (nSPS) is 11.8. The number of methoxy groups -OCH3 is 1. The Balaban J connectivity index is 1.64. The molecule has 9 heteroatoms. The average molecular weight is 441 g/mol. The maximum Gasteiger partial charge on any atom is 0.227 e. The number of anilines is 3. The van der Waals surface area contributed by atoms with Crippen molar-refractivity contribution < 1.29 is 13.9 Å². The van der Waals surface area contributed by atoms with Crippen molar-refractivity contribution in [1.29, 1.82) is 0 Å². The predicted octanol–water partition coefficient (Wildman–Crippen LogP) is 3.79. The van der Waals surface area contributed by atoms with Gasteiger partial charge in [-0.3, -0.25) is 9.48 Å². The van der Waals surface area contributed by atoms with Gasteiger partial charge in [0.15, 0.2) is 0 Å². The van der Waals surface area contributed by atoms with Crippen LogP contribution < -0.4 is 16.0 Å². The molecule has 0 aliphatic heterocycles. The fraction of sp³-hybridized carbons (Fsp3) is 0.348. The van der Waals surface area contributed by atoms with Crippen LogP contribution in [0, 0.1) is 12.7 Å². The minimum absolute atomic E-state index is 0.135. The van der Waals surface area contributed by atoms with Crippen LogP contribution in [0.4, 0.5) is 21.6 Å². The maximum atomic E-state index is 13.9. The molecule has 1 atom stereocenters. The number of carbonyl (C=O) groups excluding carboxylic acids is 1. The first kappa shape index (κ1) is 23.2. The molecule has 0 saturated carbocycles. The Morgan fingerprint density at radius 2 is 2.09 bits per heavy atom. The third kappa shape index (κ3) is 6.04.